The minimum atomic E-state index is -0.400. The predicted molar refractivity (Wildman–Crippen MR) is 262 cm³/mol. The summed E-state index contributed by atoms with van der Waals surface area (Å²) in [6.07, 6.45) is 1.14. The molecule has 4 aliphatic heterocycles. The van der Waals surface area contributed by atoms with Crippen molar-refractivity contribution < 1.29 is 28.6 Å². The highest BCUT2D eigenvalue weighted by Gasteiger charge is 2.35. The van der Waals surface area contributed by atoms with Crippen molar-refractivity contribution in [2.75, 3.05) is 55.7 Å². The number of anilines is 3. The van der Waals surface area contributed by atoms with E-state index in [0.29, 0.717) is 88.9 Å². The van der Waals surface area contributed by atoms with Crippen molar-refractivity contribution in [1.82, 2.24) is 23.8 Å². The van der Waals surface area contributed by atoms with Gasteiger partial charge in [-0.2, -0.15) is 5.26 Å². The highest BCUT2D eigenvalue weighted by atomic mass is 19.1. The molecule has 2 fully saturated rings. The maximum atomic E-state index is 15.8. The van der Waals surface area contributed by atoms with E-state index in [4.69, 9.17) is 4.74 Å². The summed E-state index contributed by atoms with van der Waals surface area (Å²) in [6.45, 7) is 11.7. The molecule has 0 aliphatic carbocycles. The maximum absolute atomic E-state index is 15.8. The van der Waals surface area contributed by atoms with E-state index < -0.39 is 5.82 Å². The third-order valence-corrected chi connectivity index (χ3v) is 15.1. The fourth-order valence-electron chi connectivity index (χ4n) is 10.7. The van der Waals surface area contributed by atoms with Gasteiger partial charge in [0.15, 0.2) is 0 Å². The zero-order chi connectivity index (χ0) is 48.2. The van der Waals surface area contributed by atoms with Gasteiger partial charge in [-0.3, -0.25) is 24.2 Å². The van der Waals surface area contributed by atoms with E-state index in [-0.39, 0.29) is 48.5 Å². The number of phenolic OH excluding ortho intramolecular Hbond substituents is 1. The summed E-state index contributed by atoms with van der Waals surface area (Å²) in [5.74, 6) is -1.03. The molecular formula is C55H57FN8O5. The normalized spacial score (nSPS) is 18.0. The number of nitriles is 1. The van der Waals surface area contributed by atoms with Crippen molar-refractivity contribution in [3.8, 4) is 23.1 Å². The van der Waals surface area contributed by atoms with Crippen molar-refractivity contribution in [2.45, 2.75) is 65.2 Å². The fraction of sp³-hybridized carbons (Fsp3) is 0.345. The summed E-state index contributed by atoms with van der Waals surface area (Å²) in [5.41, 5.74) is 10.3. The standard InChI is InChI=1S/C55H57FN8O5/c1-34-22-37-8-6-7-9-40(37)31-63(34)54(67)49-24-41-30-62(53(66)25-39-10-11-43(26-50(39)56)61-19-18-60-20-21-69-33-45(60)32-61)17-16-38(41)23-48(49)52-28-47(35(2)59(52)5)55(68)64(42-12-14-46(65)15-13-42)51-27-44(29-57)58(4)36(51)3/h6-15,23-24,26-28,34,45,65H,16-22,25,30-33H2,1-5H3/t34-,45+/m1/s1. The van der Waals surface area contributed by atoms with Crippen LogP contribution in [-0.4, -0.2) is 105 Å². The molecule has 14 heteroatoms. The first kappa shape index (κ1) is 45.6. The molecule has 2 atom stereocenters. The van der Waals surface area contributed by atoms with Gasteiger partial charge in [-0.25, -0.2) is 4.39 Å². The van der Waals surface area contributed by atoms with Crippen LogP contribution in [-0.2, 0) is 56.0 Å². The van der Waals surface area contributed by atoms with E-state index in [1.165, 1.54) is 17.7 Å². The van der Waals surface area contributed by atoms with Crippen molar-refractivity contribution in [3.63, 3.8) is 0 Å². The molecule has 2 aromatic heterocycles. The van der Waals surface area contributed by atoms with Gasteiger partial charge in [0.05, 0.1) is 36.9 Å². The molecular weight excluding hydrogens is 872 g/mol. The lowest BCUT2D eigenvalue weighted by atomic mass is 9.89. The highest BCUT2D eigenvalue weighted by molar-refractivity contribution is 6.13. The van der Waals surface area contributed by atoms with Crippen LogP contribution in [0.25, 0.3) is 11.3 Å². The van der Waals surface area contributed by atoms with E-state index in [1.54, 1.807) is 51.7 Å². The van der Waals surface area contributed by atoms with E-state index in [0.717, 1.165) is 55.2 Å². The van der Waals surface area contributed by atoms with Crippen molar-refractivity contribution in [1.29, 1.82) is 5.26 Å². The SMILES string of the molecule is Cc1c(N(C(=O)c2cc(-c3cc4c(cc3C(=O)N3Cc5ccccc5C[C@H]3C)CN(C(=O)Cc3ccc(N5CCN6CCOC[C@@H]6C5)cc3F)CC4)n(C)c2C)c2ccc(O)cc2)cc(C#N)n1C. The lowest BCUT2D eigenvalue weighted by Crippen LogP contribution is -2.58. The van der Waals surface area contributed by atoms with Gasteiger partial charge < -0.3 is 33.7 Å². The van der Waals surface area contributed by atoms with E-state index in [1.807, 2.05) is 66.8 Å². The summed E-state index contributed by atoms with van der Waals surface area (Å²) in [5, 5.41) is 20.1. The van der Waals surface area contributed by atoms with Crippen molar-refractivity contribution in [3.05, 3.63) is 153 Å². The van der Waals surface area contributed by atoms with Gasteiger partial charge in [0.2, 0.25) is 5.91 Å². The molecule has 6 aromatic rings. The van der Waals surface area contributed by atoms with Crippen LogP contribution in [0.4, 0.5) is 21.5 Å². The quantitative estimate of drug-likeness (QED) is 0.166. The lowest BCUT2D eigenvalue weighted by Gasteiger charge is -2.44. The van der Waals surface area contributed by atoms with Crippen LogP contribution in [0.5, 0.6) is 5.75 Å². The number of piperazine rings is 1. The minimum Gasteiger partial charge on any atom is -0.508 e. The summed E-state index contributed by atoms with van der Waals surface area (Å²) in [6, 6.07) is 29.7. The largest absolute Gasteiger partial charge is 0.508 e. The smallest absolute Gasteiger partial charge is 0.264 e. The number of nitrogens with zero attached hydrogens (tertiary/aromatic N) is 8. The molecule has 4 aliphatic rings. The molecule has 0 radical (unpaired) electrons. The Balaban J connectivity index is 0.977. The first-order valence-electron chi connectivity index (χ1n) is 23.8. The Morgan fingerprint density at radius 2 is 1.62 bits per heavy atom. The number of halogens is 1. The van der Waals surface area contributed by atoms with Crippen LogP contribution < -0.4 is 9.80 Å². The number of carbonyl (C=O) groups excluding carboxylic acids is 3. The Bertz CT molecular complexity index is 3060. The molecule has 4 aromatic carbocycles. The highest BCUT2D eigenvalue weighted by Crippen LogP contribution is 2.39. The second kappa shape index (κ2) is 18.4. The van der Waals surface area contributed by atoms with Gasteiger partial charge in [-0.1, -0.05) is 30.3 Å². The number of amides is 3. The Kier molecular flexibility index (Phi) is 12.1. The Morgan fingerprint density at radius 3 is 2.38 bits per heavy atom. The van der Waals surface area contributed by atoms with Gasteiger partial charge in [0, 0.05) is 106 Å². The molecule has 69 heavy (non-hydrogen) atoms. The Morgan fingerprint density at radius 1 is 0.841 bits per heavy atom. The maximum Gasteiger partial charge on any atom is 0.264 e. The average Bonchev–Trinajstić information content (AvgIpc) is 3.82. The van der Waals surface area contributed by atoms with E-state index >= 15 is 14.0 Å². The molecule has 0 bridgehead atoms. The lowest BCUT2D eigenvalue weighted by molar-refractivity contribution is -0.131. The summed E-state index contributed by atoms with van der Waals surface area (Å²) in [7, 11) is 3.67. The van der Waals surface area contributed by atoms with E-state index in [2.05, 4.69) is 34.9 Å². The van der Waals surface area contributed by atoms with Gasteiger partial charge in [-0.15, -0.1) is 0 Å². The predicted octanol–water partition coefficient (Wildman–Crippen LogP) is 7.58. The van der Waals surface area contributed by atoms with Gasteiger partial charge in [0.25, 0.3) is 11.8 Å². The molecule has 6 heterocycles. The van der Waals surface area contributed by atoms with Crippen LogP contribution >= 0.6 is 0 Å². The topological polar surface area (TPSA) is 131 Å². The monoisotopic (exact) mass is 928 g/mol. The van der Waals surface area contributed by atoms with Crippen molar-refractivity contribution in [2.24, 2.45) is 14.1 Å². The molecule has 354 valence electrons. The van der Waals surface area contributed by atoms with Gasteiger partial charge >= 0.3 is 0 Å². The van der Waals surface area contributed by atoms with Crippen LogP contribution in [0.15, 0.2) is 91.0 Å². The first-order valence-corrected chi connectivity index (χ1v) is 23.8. The van der Waals surface area contributed by atoms with Crippen molar-refractivity contribution >= 4 is 34.8 Å². The minimum absolute atomic E-state index is 0.0505. The van der Waals surface area contributed by atoms with Crippen LogP contribution in [0.1, 0.15) is 72.5 Å². The number of carbonyl (C=O) groups is 3. The fourth-order valence-corrected chi connectivity index (χ4v) is 10.7. The second-order valence-electron chi connectivity index (χ2n) is 19.1. The van der Waals surface area contributed by atoms with Crippen LogP contribution in [0.2, 0.25) is 0 Å². The third kappa shape index (κ3) is 8.44. The number of hydrogen-bond donors (Lipinski definition) is 1. The molecule has 3 amide bonds. The molecule has 0 unspecified atom stereocenters. The summed E-state index contributed by atoms with van der Waals surface area (Å²) in [4.78, 5) is 54.2. The molecule has 0 saturated carbocycles. The zero-order valence-electron chi connectivity index (χ0n) is 39.8. The van der Waals surface area contributed by atoms with Crippen LogP contribution in [0, 0.1) is 31.0 Å². The molecule has 1 N–H and O–H groups in total. The zero-order valence-corrected chi connectivity index (χ0v) is 39.8. The number of fused-ring (bicyclic) bond motifs is 3. The van der Waals surface area contributed by atoms with Gasteiger partial charge in [0.1, 0.15) is 23.3 Å². The Hall–Kier alpha value is -7.21. The molecule has 13 nitrogen and oxygen atoms in total. The number of rotatable bonds is 8. The number of phenols is 1. The van der Waals surface area contributed by atoms with Gasteiger partial charge in [-0.05, 0) is 122 Å². The van der Waals surface area contributed by atoms with E-state index in [9.17, 15) is 15.2 Å². The number of morpholine rings is 1. The second-order valence-corrected chi connectivity index (χ2v) is 19.1. The number of ether oxygens (including phenoxy) is 1. The number of benzene rings is 4. The number of aromatic hydroxyl groups is 1. The first-order chi connectivity index (χ1) is 33.3. The molecule has 0 spiro atoms. The molecule has 2 saturated heterocycles. The summed E-state index contributed by atoms with van der Waals surface area (Å²) >= 11 is 0. The van der Waals surface area contributed by atoms with Crippen LogP contribution in [0.3, 0.4) is 0 Å². The number of aromatic nitrogens is 2. The molecule has 10 rings (SSSR count). The Labute approximate surface area is 402 Å². The third-order valence-electron chi connectivity index (χ3n) is 15.1. The summed E-state index contributed by atoms with van der Waals surface area (Å²) < 4.78 is 25.2. The number of hydrogen-bond acceptors (Lipinski definition) is 8. The average molecular weight is 929 g/mol.